The van der Waals surface area contributed by atoms with Gasteiger partial charge in [0.05, 0.1) is 19.0 Å². The van der Waals surface area contributed by atoms with Gasteiger partial charge in [-0.25, -0.2) is 13.9 Å². The van der Waals surface area contributed by atoms with E-state index in [-0.39, 0.29) is 28.7 Å². The van der Waals surface area contributed by atoms with Gasteiger partial charge in [-0.05, 0) is 39.8 Å². The van der Waals surface area contributed by atoms with Crippen molar-refractivity contribution in [3.05, 3.63) is 36.7 Å². The molecule has 14 nitrogen and oxygen atoms in total. The van der Waals surface area contributed by atoms with Crippen LogP contribution in [0.3, 0.4) is 0 Å². The number of imidazole rings is 1. The zero-order valence-corrected chi connectivity index (χ0v) is 23.0. The molecule has 1 aliphatic heterocycles. The molecule has 1 aliphatic rings. The molecule has 6 atom stereocenters. The summed E-state index contributed by atoms with van der Waals surface area (Å²) in [5, 5.41) is 16.3. The predicted molar refractivity (Wildman–Crippen MR) is 143 cm³/mol. The van der Waals surface area contributed by atoms with Gasteiger partial charge in [-0.1, -0.05) is 18.2 Å². The number of ether oxygens (including phenoxy) is 2. The van der Waals surface area contributed by atoms with Crippen LogP contribution in [0.4, 0.5) is 16.2 Å². The Bertz CT molecular complexity index is 1500. The minimum atomic E-state index is -4.46. The van der Waals surface area contributed by atoms with Gasteiger partial charge in [0, 0.05) is 11.2 Å². The lowest BCUT2D eigenvalue weighted by atomic mass is 9.98. The fourth-order valence-electron chi connectivity index (χ4n) is 3.94. The number of rotatable bonds is 11. The normalized spacial score (nSPS) is 26.5. The number of benzene rings is 1. The first kappa shape index (κ1) is 25.6. The zero-order chi connectivity index (χ0) is 31.7. The minimum absolute atomic E-state index is 0.0702. The highest BCUT2D eigenvalue weighted by Crippen LogP contribution is 2.48. The summed E-state index contributed by atoms with van der Waals surface area (Å²) in [5.41, 5.74) is 2.43. The molecule has 218 valence electrons. The number of aromatic nitrogens is 4. The fraction of sp³-hybridized carbons (Fsp3) is 0.500. The molecule has 5 N–H and O–H groups in total. The number of aliphatic hydroxyl groups is 1. The molecule has 0 amide bonds. The van der Waals surface area contributed by atoms with Crippen molar-refractivity contribution < 1.29 is 41.5 Å². The number of fused-ring (bicyclic) bond motifs is 1. The highest BCUT2D eigenvalue weighted by molar-refractivity contribution is 7.52. The molecule has 4 rings (SSSR count). The van der Waals surface area contributed by atoms with Crippen LogP contribution in [0, 0.1) is 0 Å². The Morgan fingerprint density at radius 3 is 2.73 bits per heavy atom. The van der Waals surface area contributed by atoms with Crippen LogP contribution in [0.1, 0.15) is 38.0 Å². The maximum absolute atomic E-state index is 16.6. The molecule has 40 heavy (non-hydrogen) atoms. The first-order valence-corrected chi connectivity index (χ1v) is 13.8. The Hall–Kier alpha value is -3.36. The van der Waals surface area contributed by atoms with Crippen molar-refractivity contribution in [2.24, 2.45) is 0 Å². The molecule has 0 spiro atoms. The molecule has 1 fully saturated rings. The number of nitrogens with one attached hydrogen (secondary N) is 2. The van der Waals surface area contributed by atoms with Crippen LogP contribution in [-0.2, 0) is 23.4 Å². The number of halogens is 1. The molecule has 0 radical (unpaired) electrons. The van der Waals surface area contributed by atoms with Gasteiger partial charge in [0.25, 0.3) is 0 Å². The molecule has 2 aromatic heterocycles. The largest absolute Gasteiger partial charge is 0.462 e. The first-order chi connectivity index (χ1) is 20.1. The van der Waals surface area contributed by atoms with Gasteiger partial charge < -0.3 is 30.2 Å². The van der Waals surface area contributed by atoms with Crippen molar-refractivity contribution >= 4 is 36.6 Å². The topological polar surface area (TPSA) is 185 Å². The third kappa shape index (κ3) is 6.18. The lowest BCUT2D eigenvalue weighted by Crippen LogP contribution is -2.41. The fourth-order valence-corrected chi connectivity index (χ4v) is 5.44. The van der Waals surface area contributed by atoms with E-state index in [1.807, 2.05) is 0 Å². The standard InChI is InChI=1S/C24H33FN7O7P/c1-13(2)37-21(34)14(3)31-40(35,39-15-9-7-6-8-10-15)36-11-16-18(33)24(4,25)22(38-16)32-12-28-17-19(27-5)29-23(26)30-20(17)32/h6-10,12-14,16,18,22,33H,11H2,1-5H3,(H,31,35)(H3,26,27,29,30)/t14-,16-,18-,22-,24-,40-/m1/s1/i4D3. The second kappa shape index (κ2) is 11.6. The number of para-hydroxylation sites is 1. The van der Waals surface area contributed by atoms with Crippen molar-refractivity contribution in [3.8, 4) is 5.75 Å². The molecule has 0 saturated carbocycles. The SMILES string of the molecule is [2H]C([2H])([2H])[C@@]1(F)[C@H](O)[C@@H](CO[P@](=O)(N[C@H](C)C(=O)OC(C)C)Oc2ccccc2)O[C@H]1n1cnc2c(NC)nc(N)nc21. The van der Waals surface area contributed by atoms with E-state index in [4.69, 9.17) is 28.4 Å². The first-order valence-electron chi connectivity index (χ1n) is 13.8. The van der Waals surface area contributed by atoms with Gasteiger partial charge in [-0.2, -0.15) is 15.1 Å². The number of anilines is 2. The zero-order valence-electron chi connectivity index (χ0n) is 25.1. The Morgan fingerprint density at radius 2 is 2.08 bits per heavy atom. The van der Waals surface area contributed by atoms with Crippen molar-refractivity contribution in [2.45, 2.75) is 63.9 Å². The van der Waals surface area contributed by atoms with E-state index in [2.05, 4.69) is 25.4 Å². The summed E-state index contributed by atoms with van der Waals surface area (Å²) in [7, 11) is -2.92. The summed E-state index contributed by atoms with van der Waals surface area (Å²) < 4.78 is 77.2. The van der Waals surface area contributed by atoms with E-state index >= 15 is 4.39 Å². The third-order valence-corrected chi connectivity index (χ3v) is 7.45. The van der Waals surface area contributed by atoms with E-state index < -0.39 is 63.4 Å². The summed E-state index contributed by atoms with van der Waals surface area (Å²) in [6, 6.07) is 6.65. The highest BCUT2D eigenvalue weighted by Gasteiger charge is 2.56. The number of nitrogen functional groups attached to an aromatic ring is 1. The molecular weight excluding hydrogens is 548 g/mol. The lowest BCUT2D eigenvalue weighted by Gasteiger charge is -2.25. The number of nitrogens with zero attached hydrogens (tertiary/aromatic N) is 4. The summed E-state index contributed by atoms with van der Waals surface area (Å²) >= 11 is 0. The minimum Gasteiger partial charge on any atom is -0.462 e. The number of aliphatic hydroxyl groups excluding tert-OH is 1. The van der Waals surface area contributed by atoms with Gasteiger partial charge >= 0.3 is 13.7 Å². The summed E-state index contributed by atoms with van der Waals surface area (Å²) in [6.45, 7) is 0.380. The second-order valence-electron chi connectivity index (χ2n) is 9.28. The molecule has 1 saturated heterocycles. The number of hydrogen-bond donors (Lipinski definition) is 4. The molecule has 3 aromatic rings. The van der Waals surface area contributed by atoms with Gasteiger partial charge in [0.2, 0.25) is 5.95 Å². The van der Waals surface area contributed by atoms with Crippen LogP contribution < -0.4 is 20.7 Å². The lowest BCUT2D eigenvalue weighted by molar-refractivity contribution is -0.149. The van der Waals surface area contributed by atoms with Crippen LogP contribution in [-0.4, -0.2) is 74.3 Å². The van der Waals surface area contributed by atoms with Crippen molar-refractivity contribution in [2.75, 3.05) is 24.7 Å². The van der Waals surface area contributed by atoms with Gasteiger partial charge in [0.1, 0.15) is 24.0 Å². The smallest absolute Gasteiger partial charge is 0.459 e. The van der Waals surface area contributed by atoms with Crippen LogP contribution in [0.15, 0.2) is 36.7 Å². The molecule has 0 bridgehead atoms. The Kier molecular flexibility index (Phi) is 7.44. The van der Waals surface area contributed by atoms with Gasteiger partial charge in [-0.15, -0.1) is 0 Å². The number of hydrogen-bond acceptors (Lipinski definition) is 12. The molecule has 16 heteroatoms. The number of carbonyl (C=O) groups excluding carboxylic acids is 1. The number of carbonyl (C=O) groups is 1. The monoisotopic (exact) mass is 584 g/mol. The Morgan fingerprint density at radius 1 is 1.35 bits per heavy atom. The van der Waals surface area contributed by atoms with Crippen molar-refractivity contribution in [1.82, 2.24) is 24.6 Å². The highest BCUT2D eigenvalue weighted by atomic mass is 31.2. The van der Waals surface area contributed by atoms with Gasteiger partial charge in [-0.3, -0.25) is 13.9 Å². The Balaban J connectivity index is 1.65. The van der Waals surface area contributed by atoms with E-state index in [0.29, 0.717) is 0 Å². The van der Waals surface area contributed by atoms with Crippen LogP contribution in [0.5, 0.6) is 5.75 Å². The predicted octanol–water partition coefficient (Wildman–Crippen LogP) is 2.57. The average molecular weight is 585 g/mol. The molecule has 0 unspecified atom stereocenters. The van der Waals surface area contributed by atoms with Crippen LogP contribution in [0.2, 0.25) is 0 Å². The van der Waals surface area contributed by atoms with Crippen molar-refractivity contribution in [1.29, 1.82) is 0 Å². The number of nitrogens with two attached hydrogens (primary N) is 1. The molecule has 1 aromatic carbocycles. The summed E-state index contributed by atoms with van der Waals surface area (Å²) in [4.78, 5) is 24.6. The molecular formula is C24H33FN7O7P. The third-order valence-electron chi connectivity index (χ3n) is 5.81. The van der Waals surface area contributed by atoms with Crippen LogP contribution >= 0.6 is 7.75 Å². The average Bonchev–Trinajstić information content (AvgIpc) is 3.45. The number of esters is 1. The second-order valence-corrected chi connectivity index (χ2v) is 11.0. The van der Waals surface area contributed by atoms with E-state index in [9.17, 15) is 14.5 Å². The molecule has 3 heterocycles. The summed E-state index contributed by atoms with van der Waals surface area (Å²) in [6.07, 6.45) is -5.40. The maximum atomic E-state index is 16.6. The van der Waals surface area contributed by atoms with Crippen LogP contribution in [0.25, 0.3) is 11.2 Å². The van der Waals surface area contributed by atoms with E-state index in [0.717, 1.165) is 10.9 Å². The number of alkyl halides is 1. The quantitative estimate of drug-likeness (QED) is 0.191. The van der Waals surface area contributed by atoms with Gasteiger partial charge in [0.15, 0.2) is 28.9 Å². The maximum Gasteiger partial charge on any atom is 0.459 e. The molecule has 0 aliphatic carbocycles. The van der Waals surface area contributed by atoms with Crippen molar-refractivity contribution in [3.63, 3.8) is 0 Å². The van der Waals surface area contributed by atoms with E-state index in [1.165, 1.54) is 19.1 Å². The van der Waals surface area contributed by atoms with E-state index in [1.54, 1.807) is 39.1 Å². The summed E-state index contributed by atoms with van der Waals surface area (Å²) in [5.74, 6) is -0.691. The Labute approximate surface area is 234 Å².